The number of thiocarbonyl (C=S) groups is 1. The van der Waals surface area contributed by atoms with Gasteiger partial charge in [-0.25, -0.2) is 0 Å². The van der Waals surface area contributed by atoms with Crippen molar-refractivity contribution in [3.63, 3.8) is 0 Å². The second-order valence-electron chi connectivity index (χ2n) is 4.92. The zero-order valence-electron chi connectivity index (χ0n) is 11.5. The van der Waals surface area contributed by atoms with Crippen molar-refractivity contribution < 1.29 is 9.59 Å². The number of nitrogens with two attached hydrogens (primary N) is 1. The number of carbonyl (C=O) groups excluding carboxylic acids is 2. The predicted molar refractivity (Wildman–Crippen MR) is 76.0 cm³/mol. The highest BCUT2D eigenvalue weighted by atomic mass is 32.1. The van der Waals surface area contributed by atoms with Gasteiger partial charge in [-0.15, -0.1) is 0 Å². The SMILES string of the molecule is CCCC(C(=O)NCC(C)(C)C(=O)NC)C(N)=S. The summed E-state index contributed by atoms with van der Waals surface area (Å²) in [5.74, 6) is -0.781. The van der Waals surface area contributed by atoms with Crippen molar-refractivity contribution >= 4 is 29.0 Å². The number of hydrogen-bond acceptors (Lipinski definition) is 3. The van der Waals surface area contributed by atoms with Crippen LogP contribution in [0.25, 0.3) is 0 Å². The summed E-state index contributed by atoms with van der Waals surface area (Å²) in [7, 11) is 1.57. The first-order chi connectivity index (χ1) is 8.26. The molecule has 0 aliphatic rings. The molecule has 0 saturated carbocycles. The van der Waals surface area contributed by atoms with Gasteiger partial charge >= 0.3 is 0 Å². The smallest absolute Gasteiger partial charge is 0.229 e. The largest absolute Gasteiger partial charge is 0.393 e. The van der Waals surface area contributed by atoms with Crippen LogP contribution in [0.15, 0.2) is 0 Å². The van der Waals surface area contributed by atoms with Crippen molar-refractivity contribution in [2.45, 2.75) is 33.6 Å². The summed E-state index contributed by atoms with van der Waals surface area (Å²) < 4.78 is 0. The van der Waals surface area contributed by atoms with Crippen molar-refractivity contribution in [3.8, 4) is 0 Å². The van der Waals surface area contributed by atoms with E-state index in [1.54, 1.807) is 20.9 Å². The molecular weight excluding hydrogens is 250 g/mol. The van der Waals surface area contributed by atoms with Crippen LogP contribution in [-0.2, 0) is 9.59 Å². The van der Waals surface area contributed by atoms with Crippen LogP contribution in [0.2, 0.25) is 0 Å². The van der Waals surface area contributed by atoms with Crippen LogP contribution >= 0.6 is 12.2 Å². The molecular formula is C12H23N3O2S. The maximum atomic E-state index is 11.9. The number of amides is 2. The topological polar surface area (TPSA) is 84.2 Å². The van der Waals surface area contributed by atoms with Crippen LogP contribution in [0.4, 0.5) is 0 Å². The standard InChI is InChI=1S/C12H23N3O2S/c1-5-6-8(9(13)18)10(16)15-7-12(2,3)11(17)14-4/h8H,5-7H2,1-4H3,(H2,13,18)(H,14,17)(H,15,16). The van der Waals surface area contributed by atoms with Gasteiger partial charge in [0.2, 0.25) is 11.8 Å². The van der Waals surface area contributed by atoms with E-state index < -0.39 is 11.3 Å². The van der Waals surface area contributed by atoms with E-state index in [0.29, 0.717) is 6.42 Å². The van der Waals surface area contributed by atoms with Crippen LogP contribution in [0.5, 0.6) is 0 Å². The summed E-state index contributed by atoms with van der Waals surface area (Å²) in [5.41, 5.74) is 4.88. The molecule has 6 heteroatoms. The van der Waals surface area contributed by atoms with Crippen LogP contribution < -0.4 is 16.4 Å². The van der Waals surface area contributed by atoms with Gasteiger partial charge in [0.15, 0.2) is 0 Å². The van der Waals surface area contributed by atoms with Crippen molar-refractivity contribution in [2.24, 2.45) is 17.1 Å². The van der Waals surface area contributed by atoms with Crippen LogP contribution in [-0.4, -0.2) is 30.4 Å². The van der Waals surface area contributed by atoms with Gasteiger partial charge in [-0.05, 0) is 20.3 Å². The number of hydrogen-bond donors (Lipinski definition) is 3. The molecule has 104 valence electrons. The maximum absolute atomic E-state index is 11.9. The molecule has 1 unspecified atom stereocenters. The Hall–Kier alpha value is -1.17. The molecule has 0 radical (unpaired) electrons. The number of carbonyl (C=O) groups is 2. The van der Waals surface area contributed by atoms with E-state index in [1.165, 1.54) is 0 Å². The first-order valence-electron chi connectivity index (χ1n) is 6.05. The fourth-order valence-corrected chi connectivity index (χ4v) is 1.77. The molecule has 0 rings (SSSR count). The third kappa shape index (κ3) is 5.00. The summed E-state index contributed by atoms with van der Waals surface area (Å²) >= 11 is 4.88. The van der Waals surface area contributed by atoms with Gasteiger partial charge in [-0.1, -0.05) is 25.6 Å². The molecule has 0 aliphatic heterocycles. The van der Waals surface area contributed by atoms with E-state index in [0.717, 1.165) is 6.42 Å². The lowest BCUT2D eigenvalue weighted by atomic mass is 9.92. The lowest BCUT2D eigenvalue weighted by Gasteiger charge is -2.24. The number of nitrogens with one attached hydrogen (secondary N) is 2. The molecule has 2 amide bonds. The van der Waals surface area contributed by atoms with Gasteiger partial charge in [0.05, 0.1) is 16.3 Å². The highest BCUT2D eigenvalue weighted by Gasteiger charge is 2.29. The van der Waals surface area contributed by atoms with Gasteiger partial charge in [-0.2, -0.15) is 0 Å². The Labute approximate surface area is 114 Å². The Morgan fingerprint density at radius 1 is 1.39 bits per heavy atom. The highest BCUT2D eigenvalue weighted by molar-refractivity contribution is 7.80. The third-order valence-electron chi connectivity index (χ3n) is 2.78. The van der Waals surface area contributed by atoms with Gasteiger partial charge in [0, 0.05) is 13.6 Å². The summed E-state index contributed by atoms with van der Waals surface area (Å²) in [5, 5.41) is 5.30. The quantitative estimate of drug-likeness (QED) is 0.592. The average Bonchev–Trinajstić information content (AvgIpc) is 2.31. The molecule has 0 aromatic heterocycles. The van der Waals surface area contributed by atoms with Gasteiger partial charge in [0.1, 0.15) is 0 Å². The highest BCUT2D eigenvalue weighted by Crippen LogP contribution is 2.14. The number of rotatable bonds is 7. The van der Waals surface area contributed by atoms with Crippen molar-refractivity contribution in [3.05, 3.63) is 0 Å². The normalized spacial score (nSPS) is 12.7. The molecule has 0 bridgehead atoms. The summed E-state index contributed by atoms with van der Waals surface area (Å²) in [6.45, 7) is 5.75. The van der Waals surface area contributed by atoms with Crippen molar-refractivity contribution in [1.82, 2.24) is 10.6 Å². The molecule has 0 aromatic rings. The lowest BCUT2D eigenvalue weighted by molar-refractivity contribution is -0.129. The Morgan fingerprint density at radius 2 is 1.94 bits per heavy atom. The summed E-state index contributed by atoms with van der Waals surface area (Å²) in [6.07, 6.45) is 1.45. The van der Waals surface area contributed by atoms with Crippen molar-refractivity contribution in [2.75, 3.05) is 13.6 Å². The van der Waals surface area contributed by atoms with Gasteiger partial charge in [0.25, 0.3) is 0 Å². The fraction of sp³-hybridized carbons (Fsp3) is 0.750. The molecule has 1 atom stereocenters. The minimum absolute atomic E-state index is 0.120. The summed E-state index contributed by atoms with van der Waals surface area (Å²) in [6, 6.07) is 0. The van der Waals surface area contributed by atoms with Crippen LogP contribution in [0.3, 0.4) is 0 Å². The minimum Gasteiger partial charge on any atom is -0.393 e. The van der Waals surface area contributed by atoms with Crippen LogP contribution in [0, 0.1) is 11.3 Å². The Bertz CT molecular complexity index is 329. The van der Waals surface area contributed by atoms with E-state index in [-0.39, 0.29) is 23.3 Å². The lowest BCUT2D eigenvalue weighted by Crippen LogP contribution is -2.46. The Morgan fingerprint density at radius 3 is 2.33 bits per heavy atom. The van der Waals surface area contributed by atoms with E-state index in [1.807, 2.05) is 6.92 Å². The molecule has 5 nitrogen and oxygen atoms in total. The summed E-state index contributed by atoms with van der Waals surface area (Å²) in [4.78, 5) is 23.7. The molecule has 18 heavy (non-hydrogen) atoms. The molecule has 0 fully saturated rings. The minimum atomic E-state index is -0.655. The maximum Gasteiger partial charge on any atom is 0.229 e. The van der Waals surface area contributed by atoms with E-state index in [2.05, 4.69) is 10.6 Å². The molecule has 0 aromatic carbocycles. The zero-order valence-corrected chi connectivity index (χ0v) is 12.3. The molecule has 0 spiro atoms. The Balaban J connectivity index is 4.48. The molecule has 0 aliphatic carbocycles. The average molecular weight is 273 g/mol. The van der Waals surface area contributed by atoms with Gasteiger partial charge in [-0.3, -0.25) is 9.59 Å². The predicted octanol–water partition coefficient (Wildman–Crippen LogP) is 0.577. The van der Waals surface area contributed by atoms with E-state index >= 15 is 0 Å². The second kappa shape index (κ2) is 7.31. The fourth-order valence-electron chi connectivity index (χ4n) is 1.54. The van der Waals surface area contributed by atoms with Gasteiger partial charge < -0.3 is 16.4 Å². The first-order valence-corrected chi connectivity index (χ1v) is 6.46. The van der Waals surface area contributed by atoms with E-state index in [4.69, 9.17) is 18.0 Å². The third-order valence-corrected chi connectivity index (χ3v) is 3.07. The zero-order chi connectivity index (χ0) is 14.3. The Kier molecular flexibility index (Phi) is 6.83. The monoisotopic (exact) mass is 273 g/mol. The van der Waals surface area contributed by atoms with Crippen LogP contribution in [0.1, 0.15) is 33.6 Å². The molecule has 0 saturated heterocycles. The molecule has 0 heterocycles. The first kappa shape index (κ1) is 16.8. The van der Waals surface area contributed by atoms with Crippen molar-refractivity contribution in [1.29, 1.82) is 0 Å². The second-order valence-corrected chi connectivity index (χ2v) is 5.40. The molecule has 4 N–H and O–H groups in total. The van der Waals surface area contributed by atoms with E-state index in [9.17, 15) is 9.59 Å².